The van der Waals surface area contributed by atoms with E-state index in [0.29, 0.717) is 12.8 Å². The first-order chi connectivity index (χ1) is 8.53. The van der Waals surface area contributed by atoms with Gasteiger partial charge in [0.15, 0.2) is 15.1 Å². The fraction of sp³-hybridized carbons (Fsp3) is 0.462. The molecule has 1 saturated carbocycles. The van der Waals surface area contributed by atoms with E-state index in [9.17, 15) is 18.3 Å². The van der Waals surface area contributed by atoms with Gasteiger partial charge in [-0.1, -0.05) is 31.0 Å². The Balaban J connectivity index is 2.39. The third kappa shape index (κ3) is 2.41. The normalized spacial score (nSPS) is 18.7. The van der Waals surface area contributed by atoms with E-state index in [1.165, 1.54) is 12.1 Å². The number of rotatable bonds is 4. The van der Waals surface area contributed by atoms with Gasteiger partial charge in [-0.25, -0.2) is 8.42 Å². The molecule has 1 aromatic rings. The smallest absolute Gasteiger partial charge is 0.322 e. The van der Waals surface area contributed by atoms with Crippen LogP contribution >= 0.6 is 0 Å². The van der Waals surface area contributed by atoms with E-state index in [2.05, 4.69) is 0 Å². The Morgan fingerprint density at radius 1 is 1.17 bits per heavy atom. The van der Waals surface area contributed by atoms with Crippen LogP contribution in [-0.4, -0.2) is 24.7 Å². The maximum Gasteiger partial charge on any atom is 0.322 e. The van der Waals surface area contributed by atoms with Gasteiger partial charge in [0.1, 0.15) is 0 Å². The minimum atomic E-state index is -3.78. The maximum absolute atomic E-state index is 12.4. The predicted molar refractivity (Wildman–Crippen MR) is 67.0 cm³/mol. The van der Waals surface area contributed by atoms with Crippen LogP contribution in [0.4, 0.5) is 0 Å². The summed E-state index contributed by atoms with van der Waals surface area (Å²) >= 11 is 0. The summed E-state index contributed by atoms with van der Waals surface area (Å²) in [6.07, 6.45) is 3.20. The van der Waals surface area contributed by atoms with Gasteiger partial charge in [-0.15, -0.1) is 0 Å². The SMILES string of the molecule is O=C(O)C(C1CCCC1)S(=O)(=O)c1ccccc1. The second kappa shape index (κ2) is 5.10. The molecule has 18 heavy (non-hydrogen) atoms. The summed E-state index contributed by atoms with van der Waals surface area (Å²) in [5.41, 5.74) is 0. The summed E-state index contributed by atoms with van der Waals surface area (Å²) in [7, 11) is -3.78. The highest BCUT2D eigenvalue weighted by atomic mass is 32.2. The first-order valence-corrected chi connectivity index (χ1v) is 7.60. The molecule has 98 valence electrons. The van der Waals surface area contributed by atoms with Crippen LogP contribution in [0.25, 0.3) is 0 Å². The number of sulfone groups is 1. The molecule has 1 atom stereocenters. The Morgan fingerprint density at radius 3 is 2.22 bits per heavy atom. The summed E-state index contributed by atoms with van der Waals surface area (Å²) < 4.78 is 24.8. The monoisotopic (exact) mass is 268 g/mol. The Labute approximate surface area is 107 Å². The number of carboxylic acids is 1. The van der Waals surface area contributed by atoms with Crippen molar-refractivity contribution in [3.63, 3.8) is 0 Å². The molecule has 0 saturated heterocycles. The van der Waals surface area contributed by atoms with Crippen molar-refractivity contribution in [1.29, 1.82) is 0 Å². The predicted octanol–water partition coefficient (Wildman–Crippen LogP) is 2.10. The van der Waals surface area contributed by atoms with Gasteiger partial charge in [0.05, 0.1) is 4.90 Å². The number of benzene rings is 1. The molecule has 1 aliphatic rings. The van der Waals surface area contributed by atoms with Crippen molar-refractivity contribution in [3.8, 4) is 0 Å². The van der Waals surface area contributed by atoms with E-state index in [-0.39, 0.29) is 10.8 Å². The van der Waals surface area contributed by atoms with E-state index in [0.717, 1.165) is 12.8 Å². The van der Waals surface area contributed by atoms with E-state index < -0.39 is 21.1 Å². The van der Waals surface area contributed by atoms with Crippen LogP contribution in [0.2, 0.25) is 0 Å². The van der Waals surface area contributed by atoms with Crippen molar-refractivity contribution in [2.75, 3.05) is 0 Å². The lowest BCUT2D eigenvalue weighted by Gasteiger charge is -2.19. The molecule has 0 amide bonds. The highest BCUT2D eigenvalue weighted by Crippen LogP contribution is 2.33. The summed E-state index contributed by atoms with van der Waals surface area (Å²) in [6.45, 7) is 0. The lowest BCUT2D eigenvalue weighted by Crippen LogP contribution is -2.36. The first-order valence-electron chi connectivity index (χ1n) is 6.05. The summed E-state index contributed by atoms with van der Waals surface area (Å²) in [5, 5.41) is 7.95. The fourth-order valence-electron chi connectivity index (χ4n) is 2.60. The van der Waals surface area contributed by atoms with Gasteiger partial charge in [-0.2, -0.15) is 0 Å². The molecule has 0 radical (unpaired) electrons. The van der Waals surface area contributed by atoms with Crippen LogP contribution in [0.1, 0.15) is 25.7 Å². The average Bonchev–Trinajstić information content (AvgIpc) is 2.83. The second-order valence-corrected chi connectivity index (χ2v) is 6.73. The van der Waals surface area contributed by atoms with Gasteiger partial charge in [0.2, 0.25) is 0 Å². The third-order valence-electron chi connectivity index (χ3n) is 3.48. The minimum absolute atomic E-state index is 0.101. The molecule has 0 aliphatic heterocycles. The lowest BCUT2D eigenvalue weighted by molar-refractivity contribution is -0.137. The van der Waals surface area contributed by atoms with Crippen molar-refractivity contribution < 1.29 is 18.3 Å². The van der Waals surface area contributed by atoms with Gasteiger partial charge >= 0.3 is 5.97 Å². The number of carboxylic acid groups (broad SMARTS) is 1. The molecule has 1 aromatic carbocycles. The van der Waals surface area contributed by atoms with Gasteiger partial charge in [-0.3, -0.25) is 4.79 Å². The van der Waals surface area contributed by atoms with Crippen LogP contribution in [0.15, 0.2) is 35.2 Å². The first kappa shape index (κ1) is 13.1. The molecule has 0 bridgehead atoms. The molecular weight excluding hydrogens is 252 g/mol. The molecule has 0 heterocycles. The number of carbonyl (C=O) groups is 1. The number of hydrogen-bond acceptors (Lipinski definition) is 3. The van der Waals surface area contributed by atoms with Crippen LogP contribution < -0.4 is 0 Å². The standard InChI is InChI=1S/C13H16O4S/c14-13(15)12(10-6-4-5-7-10)18(16,17)11-8-2-1-3-9-11/h1-3,8-10,12H,4-7H2,(H,14,15). The van der Waals surface area contributed by atoms with Crippen LogP contribution in [0.3, 0.4) is 0 Å². The quantitative estimate of drug-likeness (QED) is 0.907. The van der Waals surface area contributed by atoms with Crippen LogP contribution in [-0.2, 0) is 14.6 Å². The van der Waals surface area contributed by atoms with E-state index >= 15 is 0 Å². The van der Waals surface area contributed by atoms with Crippen molar-refractivity contribution in [1.82, 2.24) is 0 Å². The highest BCUT2D eigenvalue weighted by molar-refractivity contribution is 7.92. The summed E-state index contributed by atoms with van der Waals surface area (Å²) in [5.74, 6) is -1.49. The summed E-state index contributed by atoms with van der Waals surface area (Å²) in [4.78, 5) is 11.4. The molecule has 0 aromatic heterocycles. The van der Waals surface area contributed by atoms with E-state index in [1.807, 2.05) is 0 Å². The molecule has 1 N–H and O–H groups in total. The van der Waals surface area contributed by atoms with Gasteiger partial charge < -0.3 is 5.11 Å². The lowest BCUT2D eigenvalue weighted by atomic mass is 10.0. The zero-order chi connectivity index (χ0) is 13.2. The number of hydrogen-bond donors (Lipinski definition) is 1. The minimum Gasteiger partial charge on any atom is -0.480 e. The van der Waals surface area contributed by atoms with Crippen molar-refractivity contribution in [2.24, 2.45) is 5.92 Å². The van der Waals surface area contributed by atoms with Crippen LogP contribution in [0, 0.1) is 5.92 Å². The zero-order valence-electron chi connectivity index (χ0n) is 9.95. The average molecular weight is 268 g/mol. The second-order valence-electron chi connectivity index (χ2n) is 4.66. The zero-order valence-corrected chi connectivity index (χ0v) is 10.8. The van der Waals surface area contributed by atoms with Gasteiger partial charge in [-0.05, 0) is 30.9 Å². The molecule has 4 nitrogen and oxygen atoms in total. The van der Waals surface area contributed by atoms with Crippen molar-refractivity contribution >= 4 is 15.8 Å². The van der Waals surface area contributed by atoms with Gasteiger partial charge in [0, 0.05) is 0 Å². The molecule has 2 rings (SSSR count). The summed E-state index contributed by atoms with van der Waals surface area (Å²) in [6, 6.07) is 7.85. The van der Waals surface area contributed by atoms with Crippen LogP contribution in [0.5, 0.6) is 0 Å². The Hall–Kier alpha value is -1.36. The highest BCUT2D eigenvalue weighted by Gasteiger charge is 2.41. The number of aliphatic carboxylic acids is 1. The van der Waals surface area contributed by atoms with Crippen molar-refractivity contribution in [2.45, 2.75) is 35.8 Å². The van der Waals surface area contributed by atoms with E-state index in [4.69, 9.17) is 0 Å². The molecular formula is C13H16O4S. The largest absolute Gasteiger partial charge is 0.480 e. The molecule has 0 spiro atoms. The molecule has 1 unspecified atom stereocenters. The third-order valence-corrected chi connectivity index (χ3v) is 5.66. The molecule has 1 fully saturated rings. The Bertz CT molecular complexity index is 515. The molecule has 5 heteroatoms. The fourth-order valence-corrected chi connectivity index (χ4v) is 4.48. The Morgan fingerprint density at radius 2 is 1.72 bits per heavy atom. The topological polar surface area (TPSA) is 71.4 Å². The van der Waals surface area contributed by atoms with E-state index in [1.54, 1.807) is 18.2 Å². The Kier molecular flexibility index (Phi) is 3.71. The van der Waals surface area contributed by atoms with Gasteiger partial charge in [0.25, 0.3) is 0 Å². The van der Waals surface area contributed by atoms with Crippen molar-refractivity contribution in [3.05, 3.63) is 30.3 Å². The molecule has 1 aliphatic carbocycles. The maximum atomic E-state index is 12.4.